The molecule has 0 aromatic heterocycles. The number of hydrogen-bond donors (Lipinski definition) is 10. The minimum absolute atomic E-state index is 0.0168. The Kier molecular flexibility index (Phi) is 19.7. The molecule has 0 saturated carbocycles. The molecule has 6 atom stereocenters. The van der Waals surface area contributed by atoms with Crippen LogP contribution in [0.2, 0.25) is 0 Å². The van der Waals surface area contributed by atoms with Gasteiger partial charge in [-0.05, 0) is 56.9 Å². The highest BCUT2D eigenvalue weighted by Gasteiger charge is 2.35. The van der Waals surface area contributed by atoms with Gasteiger partial charge >= 0.3 is 0 Å². The topological polar surface area (TPSA) is 380 Å². The number of carbonyl (C=O) groups is 7. The van der Waals surface area contributed by atoms with Gasteiger partial charge in [-0.25, -0.2) is 0 Å². The van der Waals surface area contributed by atoms with Gasteiger partial charge in [0.15, 0.2) is 5.96 Å². The molecule has 1 fully saturated rings. The number of amides is 6. The largest absolute Gasteiger partial charge is 0.377 e. The Morgan fingerprint density at radius 3 is 1.97 bits per heavy atom. The fourth-order valence-electron chi connectivity index (χ4n) is 6.15. The van der Waals surface area contributed by atoms with E-state index in [1.807, 2.05) is 13.8 Å². The zero-order chi connectivity index (χ0) is 45.3. The Morgan fingerprint density at radius 1 is 0.833 bits per heavy atom. The molecule has 24 nitrogen and oxygen atoms in total. The number of anilines is 1. The molecule has 1 heterocycles. The Morgan fingerprint density at radius 2 is 1.43 bits per heavy atom. The van der Waals surface area contributed by atoms with Gasteiger partial charge in [0.25, 0.3) is 11.4 Å². The van der Waals surface area contributed by atoms with Gasteiger partial charge in [-0.1, -0.05) is 27.7 Å². The maximum absolute atomic E-state index is 13.8. The van der Waals surface area contributed by atoms with E-state index >= 15 is 0 Å². The van der Waals surface area contributed by atoms with Crippen LogP contribution in [0, 0.1) is 38.0 Å². The Balaban J connectivity index is 2.27. The lowest BCUT2D eigenvalue weighted by molar-refractivity contribution is -0.393. The first-order chi connectivity index (χ1) is 28.1. The first-order valence-corrected chi connectivity index (χ1v) is 19.3. The molecule has 13 N–H and O–H groups in total. The van der Waals surface area contributed by atoms with E-state index in [0.29, 0.717) is 12.6 Å². The third-order valence-electron chi connectivity index (χ3n) is 9.27. The van der Waals surface area contributed by atoms with E-state index in [1.54, 1.807) is 13.8 Å². The van der Waals surface area contributed by atoms with Gasteiger partial charge in [0.1, 0.15) is 35.6 Å². The Labute approximate surface area is 346 Å². The highest BCUT2D eigenvalue weighted by molar-refractivity contribution is 5.96. The second-order valence-corrected chi connectivity index (χ2v) is 15.2. The van der Waals surface area contributed by atoms with Gasteiger partial charge in [0.2, 0.25) is 35.4 Å². The monoisotopic (exact) mass is 847 g/mol. The van der Waals surface area contributed by atoms with Crippen molar-refractivity contribution in [1.82, 2.24) is 31.9 Å². The second-order valence-electron chi connectivity index (χ2n) is 15.2. The molecule has 332 valence electrons. The van der Waals surface area contributed by atoms with E-state index in [2.05, 4.69) is 42.2 Å². The van der Waals surface area contributed by atoms with Crippen molar-refractivity contribution in [1.29, 1.82) is 0 Å². The van der Waals surface area contributed by atoms with Gasteiger partial charge in [0.05, 0.1) is 28.5 Å². The number of primary amides is 1. The number of nitrogens with one attached hydrogen (secondary N) is 7. The molecule has 60 heavy (non-hydrogen) atoms. The summed E-state index contributed by atoms with van der Waals surface area (Å²) in [7, 11) is 0. The fraction of sp³-hybridized carbons (Fsp3) is 0.611. The number of aliphatic imine (C=N–C) groups is 1. The molecule has 1 aliphatic heterocycles. The number of rotatable bonds is 25. The SMILES string of the molecule is CC(=O)C1CN[C@H](C(=O)N[C@@H](CC(C)C)C(=O)NCC(=O)N[C@@H](CC(C)C)C(=O)N[C@@H](CNc2ccc([N+](=O)[O-])cc2[N+](=O)[O-])C(=O)N[C@@H](CCCN=C(N)N)C(N)=O)C1. The molecule has 1 aliphatic rings. The fourth-order valence-corrected chi connectivity index (χ4v) is 6.15. The number of guanidine groups is 1. The highest BCUT2D eigenvalue weighted by atomic mass is 16.6. The molecule has 1 aromatic carbocycles. The summed E-state index contributed by atoms with van der Waals surface area (Å²) in [6.45, 7) is 7.91. The molecule has 1 saturated heterocycles. The third kappa shape index (κ3) is 16.8. The van der Waals surface area contributed by atoms with E-state index in [9.17, 15) is 53.8 Å². The predicted molar refractivity (Wildman–Crippen MR) is 218 cm³/mol. The van der Waals surface area contributed by atoms with Gasteiger partial charge in [0, 0.05) is 31.6 Å². The van der Waals surface area contributed by atoms with Crippen molar-refractivity contribution in [3.63, 3.8) is 0 Å². The standard InChI is InChI=1S/C36H57N13O11/c1-18(2)11-26(46-33(54)25-13-21(15-41-25)20(5)50)32(53)43-17-30(51)44-27(12-19(3)4)34(55)47-28(35(56)45-24(31(37)52)7-6-10-40-36(38)39)16-42-23-9-8-22(48(57)58)14-29(23)49(59)60/h8-9,14,18-19,21,24-28,41-42H,6-7,10-13,15-17H2,1-5H3,(H2,37,52)(H,43,53)(H,44,51)(H,45,56)(H,46,54)(H,47,55)(H4,38,39,40)/t21?,24-,25-,26-,27-,28-/m0/s1. The van der Waals surface area contributed by atoms with Crippen molar-refractivity contribution in [2.75, 3.05) is 31.5 Å². The van der Waals surface area contributed by atoms with Crippen LogP contribution in [0.15, 0.2) is 23.2 Å². The zero-order valence-corrected chi connectivity index (χ0v) is 34.3. The first-order valence-electron chi connectivity index (χ1n) is 19.3. The van der Waals surface area contributed by atoms with Crippen LogP contribution in [0.5, 0.6) is 0 Å². The Hall–Kier alpha value is -6.46. The number of non-ortho nitro benzene ring substituents is 1. The summed E-state index contributed by atoms with van der Waals surface area (Å²) >= 11 is 0. The van der Waals surface area contributed by atoms with Gasteiger partial charge in [-0.3, -0.25) is 58.8 Å². The maximum Gasteiger partial charge on any atom is 0.299 e. The van der Waals surface area contributed by atoms with Crippen molar-refractivity contribution in [2.24, 2.45) is 39.9 Å². The molecule has 0 spiro atoms. The number of carbonyl (C=O) groups excluding carboxylic acids is 7. The van der Waals surface area contributed by atoms with Crippen LogP contribution in [0.4, 0.5) is 17.1 Å². The molecule has 0 aliphatic carbocycles. The molecule has 6 amide bonds. The summed E-state index contributed by atoms with van der Waals surface area (Å²) in [4.78, 5) is 116. The molecular formula is C36H57N13O11. The van der Waals surface area contributed by atoms with E-state index in [-0.39, 0.29) is 73.8 Å². The van der Waals surface area contributed by atoms with Crippen molar-refractivity contribution < 1.29 is 43.4 Å². The number of nitrogens with two attached hydrogens (primary N) is 3. The second kappa shape index (κ2) is 23.8. The minimum atomic E-state index is -1.58. The van der Waals surface area contributed by atoms with E-state index < -0.39 is 100.0 Å². The highest BCUT2D eigenvalue weighted by Crippen LogP contribution is 2.29. The van der Waals surface area contributed by atoms with Crippen molar-refractivity contribution in [3.8, 4) is 0 Å². The third-order valence-corrected chi connectivity index (χ3v) is 9.27. The smallest absolute Gasteiger partial charge is 0.299 e. The maximum atomic E-state index is 13.8. The van der Waals surface area contributed by atoms with Crippen LogP contribution in [-0.4, -0.2) is 113 Å². The normalized spacial score (nSPS) is 16.6. The van der Waals surface area contributed by atoms with E-state index in [4.69, 9.17) is 17.2 Å². The van der Waals surface area contributed by atoms with Crippen molar-refractivity contribution in [3.05, 3.63) is 38.4 Å². The quantitative estimate of drug-likeness (QED) is 0.0170. The van der Waals surface area contributed by atoms with Gasteiger partial charge in [-0.2, -0.15) is 0 Å². The predicted octanol–water partition coefficient (Wildman–Crippen LogP) is -1.83. The summed E-state index contributed by atoms with van der Waals surface area (Å²) in [5.41, 5.74) is 14.7. The average molecular weight is 848 g/mol. The van der Waals surface area contributed by atoms with Gasteiger partial charge in [-0.15, -0.1) is 0 Å². The molecule has 1 unspecified atom stereocenters. The van der Waals surface area contributed by atoms with Gasteiger partial charge < -0.3 is 54.4 Å². The van der Waals surface area contributed by atoms with Crippen LogP contribution in [0.1, 0.15) is 66.7 Å². The number of ketones is 1. The van der Waals surface area contributed by atoms with Crippen LogP contribution < -0.4 is 54.4 Å². The van der Waals surface area contributed by atoms with E-state index in [0.717, 1.165) is 12.1 Å². The zero-order valence-electron chi connectivity index (χ0n) is 34.3. The van der Waals surface area contributed by atoms with E-state index in [1.165, 1.54) is 6.92 Å². The van der Waals surface area contributed by atoms with Crippen LogP contribution in [0.25, 0.3) is 0 Å². The molecule has 2 rings (SSSR count). The van der Waals surface area contributed by atoms with Crippen molar-refractivity contribution in [2.45, 2.75) is 96.9 Å². The summed E-state index contributed by atoms with van der Waals surface area (Å²) in [5.74, 6) is -5.53. The van der Waals surface area contributed by atoms with Crippen molar-refractivity contribution >= 4 is 64.2 Å². The number of nitro groups is 2. The number of nitro benzene ring substituents is 2. The Bertz CT molecular complexity index is 1790. The average Bonchev–Trinajstić information content (AvgIpc) is 3.66. The number of hydrogen-bond acceptors (Lipinski definition) is 14. The summed E-state index contributed by atoms with van der Waals surface area (Å²) in [6, 6.07) is -3.10. The van der Waals surface area contributed by atoms with Crippen LogP contribution in [0.3, 0.4) is 0 Å². The number of Topliss-reactive ketones (excluding diaryl/α,β-unsaturated/α-hetero) is 1. The minimum Gasteiger partial charge on any atom is -0.377 e. The van der Waals surface area contributed by atoms with Crippen LogP contribution >= 0.6 is 0 Å². The molecule has 1 aromatic rings. The summed E-state index contributed by atoms with van der Waals surface area (Å²) < 4.78 is 0. The molecule has 24 heteroatoms. The lowest BCUT2D eigenvalue weighted by atomic mass is 10.00. The molecule has 0 radical (unpaired) electrons. The molecular weight excluding hydrogens is 790 g/mol. The lowest BCUT2D eigenvalue weighted by Gasteiger charge is -2.26. The first kappa shape index (κ1) is 49.7. The summed E-state index contributed by atoms with van der Waals surface area (Å²) in [5, 5.41) is 41.3. The number of benzene rings is 1. The molecule has 0 bridgehead atoms. The number of nitrogens with zero attached hydrogens (tertiary/aromatic N) is 3. The van der Waals surface area contributed by atoms with Crippen LogP contribution in [-0.2, 0) is 33.6 Å². The summed E-state index contributed by atoms with van der Waals surface area (Å²) in [6.07, 6.45) is 0.738. The lowest BCUT2D eigenvalue weighted by Crippen LogP contribution is -2.59.